The predicted molar refractivity (Wildman–Crippen MR) is 171 cm³/mol. The second-order valence-corrected chi connectivity index (χ2v) is 11.4. The Labute approximate surface area is 260 Å². The number of hydrogen-bond donors (Lipinski definition) is 6. The maximum Gasteiger partial charge on any atom is 0.328 e. The number of H-pyrrole nitrogens is 1. The number of aliphatic hydroxyl groups excluding tert-OH is 1. The Hall–Kier alpha value is -4.96. The number of aliphatic carboxylic acids is 1. The fourth-order valence-corrected chi connectivity index (χ4v) is 6.02. The third-order valence-corrected chi connectivity index (χ3v) is 8.47. The Bertz CT molecular complexity index is 1890. The summed E-state index contributed by atoms with van der Waals surface area (Å²) in [5.41, 5.74) is 4.40. The molecule has 5 aromatic rings. The average molecular weight is 606 g/mol. The summed E-state index contributed by atoms with van der Waals surface area (Å²) >= 11 is 0. The quantitative estimate of drug-likeness (QED) is 0.121. The van der Waals surface area contributed by atoms with E-state index in [9.17, 15) is 24.9 Å². The van der Waals surface area contributed by atoms with Crippen molar-refractivity contribution in [2.75, 3.05) is 6.54 Å². The normalized spacial score (nSPS) is 16.4. The highest BCUT2D eigenvalue weighted by molar-refractivity contribution is 5.87. The second kappa shape index (κ2) is 13.0. The number of carboxylic acid groups (broad SMARTS) is 1. The van der Waals surface area contributed by atoms with Crippen LogP contribution in [0.2, 0.25) is 0 Å². The molecule has 9 heteroatoms. The van der Waals surface area contributed by atoms with Gasteiger partial charge in [-0.2, -0.15) is 0 Å². The highest BCUT2D eigenvalue weighted by atomic mass is 16.5. The largest absolute Gasteiger partial charge is 0.506 e. The minimum atomic E-state index is -1.09. The zero-order valence-electron chi connectivity index (χ0n) is 24.6. The van der Waals surface area contributed by atoms with Crippen molar-refractivity contribution in [1.29, 1.82) is 0 Å². The molecule has 1 heterocycles. The lowest BCUT2D eigenvalue weighted by Gasteiger charge is -2.27. The van der Waals surface area contributed by atoms with Crippen LogP contribution >= 0.6 is 0 Å². The van der Waals surface area contributed by atoms with Crippen molar-refractivity contribution in [3.05, 3.63) is 141 Å². The molecule has 230 valence electrons. The number of aryl methyl sites for hydroxylation is 1. The number of benzene rings is 4. The molecule has 0 saturated carbocycles. The van der Waals surface area contributed by atoms with E-state index < -0.39 is 17.6 Å². The number of carboxylic acids is 1. The van der Waals surface area contributed by atoms with Gasteiger partial charge < -0.3 is 30.4 Å². The minimum Gasteiger partial charge on any atom is -0.506 e. The summed E-state index contributed by atoms with van der Waals surface area (Å²) in [6.45, 7) is 1.61. The van der Waals surface area contributed by atoms with Gasteiger partial charge in [0.1, 0.15) is 23.6 Å². The summed E-state index contributed by atoms with van der Waals surface area (Å²) in [7, 11) is 0. The highest BCUT2D eigenvalue weighted by Crippen LogP contribution is 2.37. The summed E-state index contributed by atoms with van der Waals surface area (Å²) < 4.78 is 6.05. The Kier molecular flexibility index (Phi) is 8.66. The molecule has 1 aromatic heterocycles. The molecule has 0 aliphatic heterocycles. The molecular weight excluding hydrogens is 570 g/mol. The van der Waals surface area contributed by atoms with Gasteiger partial charge in [-0.3, -0.25) is 10.1 Å². The van der Waals surface area contributed by atoms with E-state index >= 15 is 0 Å². The zero-order chi connectivity index (χ0) is 31.4. The third kappa shape index (κ3) is 6.46. The number of rotatable bonds is 12. The van der Waals surface area contributed by atoms with Crippen LogP contribution in [0.3, 0.4) is 0 Å². The number of ether oxygens (including phenoxy) is 1. The van der Waals surface area contributed by atoms with Gasteiger partial charge >= 0.3 is 5.97 Å². The first-order valence-corrected chi connectivity index (χ1v) is 14.9. The van der Waals surface area contributed by atoms with Crippen LogP contribution in [0.15, 0.2) is 102 Å². The van der Waals surface area contributed by atoms with Gasteiger partial charge in [-0.05, 0) is 70.5 Å². The predicted octanol–water partition coefficient (Wildman–Crippen LogP) is 4.65. The molecule has 9 nitrogen and oxygen atoms in total. The molecule has 4 aromatic carbocycles. The average Bonchev–Trinajstić information content (AvgIpc) is 3.44. The number of nitrogens with one attached hydrogen (secondary N) is 3. The van der Waals surface area contributed by atoms with E-state index in [0.717, 1.165) is 34.2 Å². The fraction of sp³-hybridized carbons (Fsp3) is 0.222. The molecule has 45 heavy (non-hydrogen) atoms. The molecule has 0 amide bonds. The lowest BCUT2D eigenvalue weighted by molar-refractivity contribution is -0.145. The molecule has 0 spiro atoms. The van der Waals surface area contributed by atoms with Gasteiger partial charge in [-0.15, -0.1) is 0 Å². The molecule has 6 rings (SSSR count). The number of fused-ring (bicyclic) bond motifs is 2. The van der Waals surface area contributed by atoms with E-state index in [-0.39, 0.29) is 17.9 Å². The summed E-state index contributed by atoms with van der Waals surface area (Å²) in [5, 5.41) is 38.2. The molecule has 0 radical (unpaired) electrons. The summed E-state index contributed by atoms with van der Waals surface area (Å²) in [4.78, 5) is 26.6. The van der Waals surface area contributed by atoms with Crippen LogP contribution in [0, 0.1) is 0 Å². The number of pyridine rings is 1. The van der Waals surface area contributed by atoms with Crippen molar-refractivity contribution in [2.45, 2.75) is 44.2 Å². The SMILES string of the molecule is O=C(O)C1(NCc2cccc(OCc3ccc(CNCC(O)c4ccc(O)c5[nH]c(=O)ccc45)cc3)c2)CCc2ccccc21. The minimum absolute atomic E-state index is 0.0418. The van der Waals surface area contributed by atoms with E-state index in [1.54, 1.807) is 12.1 Å². The maximum absolute atomic E-state index is 12.3. The van der Waals surface area contributed by atoms with Gasteiger partial charge in [0, 0.05) is 31.1 Å². The van der Waals surface area contributed by atoms with Crippen LogP contribution in [0.5, 0.6) is 11.5 Å². The van der Waals surface area contributed by atoms with Crippen LogP contribution in [-0.2, 0) is 36.5 Å². The number of phenolic OH excluding ortho intramolecular Hbond substituents is 1. The lowest BCUT2D eigenvalue weighted by Crippen LogP contribution is -2.47. The molecular formula is C36H35N3O6. The van der Waals surface area contributed by atoms with Crippen molar-refractivity contribution in [3.63, 3.8) is 0 Å². The van der Waals surface area contributed by atoms with E-state index in [0.29, 0.717) is 48.3 Å². The molecule has 0 saturated heterocycles. The van der Waals surface area contributed by atoms with Crippen LogP contribution in [0.1, 0.15) is 45.9 Å². The van der Waals surface area contributed by atoms with Crippen molar-refractivity contribution < 1.29 is 24.9 Å². The standard InChI is InChI=1S/C36H35N3O6/c40-31-14-12-28(29-13-15-33(42)39-34(29)31)32(41)21-37-19-23-8-10-24(11-9-23)22-45-27-6-3-4-25(18-27)20-38-36(35(43)44)17-16-26-5-1-2-7-30(26)36/h1-15,18,32,37-38,40-41H,16-17,19-22H2,(H,39,42)(H,43,44). The third-order valence-electron chi connectivity index (χ3n) is 8.47. The van der Waals surface area contributed by atoms with Crippen LogP contribution in [-0.4, -0.2) is 32.8 Å². The monoisotopic (exact) mass is 605 g/mol. The first kappa shape index (κ1) is 30.1. The number of hydrogen-bond acceptors (Lipinski definition) is 7. The van der Waals surface area contributed by atoms with Crippen molar-refractivity contribution in [1.82, 2.24) is 15.6 Å². The van der Waals surface area contributed by atoms with Crippen LogP contribution < -0.4 is 20.9 Å². The van der Waals surface area contributed by atoms with E-state index in [2.05, 4.69) is 15.6 Å². The summed E-state index contributed by atoms with van der Waals surface area (Å²) in [6.07, 6.45) is 0.417. The van der Waals surface area contributed by atoms with Gasteiger partial charge in [0.25, 0.3) is 0 Å². The Morgan fingerprint density at radius 3 is 2.53 bits per heavy atom. The molecule has 6 N–H and O–H groups in total. The molecule has 2 unspecified atom stereocenters. The lowest BCUT2D eigenvalue weighted by atomic mass is 9.91. The first-order valence-electron chi connectivity index (χ1n) is 14.9. The van der Waals surface area contributed by atoms with E-state index in [1.807, 2.05) is 72.8 Å². The Balaban J connectivity index is 1.00. The van der Waals surface area contributed by atoms with Gasteiger partial charge in [0.15, 0.2) is 0 Å². The highest BCUT2D eigenvalue weighted by Gasteiger charge is 2.45. The van der Waals surface area contributed by atoms with E-state index in [1.165, 1.54) is 12.1 Å². The second-order valence-electron chi connectivity index (χ2n) is 11.4. The first-order chi connectivity index (χ1) is 21.8. The van der Waals surface area contributed by atoms with Gasteiger partial charge in [-0.1, -0.05) is 66.7 Å². The number of phenols is 1. The van der Waals surface area contributed by atoms with Crippen LogP contribution in [0.4, 0.5) is 0 Å². The number of aliphatic hydroxyl groups is 1. The number of aromatic hydroxyl groups is 1. The number of aromatic amines is 1. The Morgan fingerprint density at radius 1 is 0.911 bits per heavy atom. The van der Waals surface area contributed by atoms with Gasteiger partial charge in [-0.25, -0.2) is 4.79 Å². The summed E-state index contributed by atoms with van der Waals surface area (Å²) in [5.74, 6) is -0.199. The van der Waals surface area contributed by atoms with E-state index in [4.69, 9.17) is 4.74 Å². The number of carbonyl (C=O) groups is 1. The molecule has 2 atom stereocenters. The van der Waals surface area contributed by atoms with Crippen molar-refractivity contribution in [3.8, 4) is 11.5 Å². The van der Waals surface area contributed by atoms with Gasteiger partial charge in [0.05, 0.1) is 11.6 Å². The Morgan fingerprint density at radius 2 is 1.71 bits per heavy atom. The van der Waals surface area contributed by atoms with Crippen molar-refractivity contribution >= 4 is 16.9 Å². The smallest absolute Gasteiger partial charge is 0.328 e. The van der Waals surface area contributed by atoms with Crippen LogP contribution in [0.25, 0.3) is 10.9 Å². The van der Waals surface area contributed by atoms with Gasteiger partial charge in [0.2, 0.25) is 5.56 Å². The zero-order valence-corrected chi connectivity index (χ0v) is 24.6. The fourth-order valence-electron chi connectivity index (χ4n) is 6.02. The molecule has 0 fully saturated rings. The van der Waals surface area contributed by atoms with Crippen molar-refractivity contribution in [2.24, 2.45) is 0 Å². The summed E-state index contributed by atoms with van der Waals surface area (Å²) in [6, 6.07) is 29.5. The molecule has 1 aliphatic rings. The maximum atomic E-state index is 12.3. The molecule has 0 bridgehead atoms. The molecule has 1 aliphatic carbocycles. The number of aromatic nitrogens is 1. The topological polar surface area (TPSA) is 144 Å².